The Morgan fingerprint density at radius 1 is 1.17 bits per heavy atom. The SMILES string of the molecule is CN(C)c1ccc2[nH]c(=O)cc(C(F)(F)F)c2c1. The number of fused-ring (bicyclic) bond motifs is 1. The number of alkyl halides is 3. The zero-order chi connectivity index (χ0) is 13.5. The van der Waals surface area contributed by atoms with E-state index in [1.807, 2.05) is 0 Å². The maximum absolute atomic E-state index is 12.9. The van der Waals surface area contributed by atoms with Gasteiger partial charge in [-0.25, -0.2) is 0 Å². The molecule has 1 aromatic heterocycles. The number of benzene rings is 1. The van der Waals surface area contributed by atoms with E-state index < -0.39 is 17.3 Å². The van der Waals surface area contributed by atoms with Crippen molar-refractivity contribution in [3.63, 3.8) is 0 Å². The molecule has 0 aliphatic heterocycles. The zero-order valence-corrected chi connectivity index (χ0v) is 9.80. The number of rotatable bonds is 1. The third kappa shape index (κ3) is 2.18. The largest absolute Gasteiger partial charge is 0.417 e. The lowest BCUT2D eigenvalue weighted by atomic mass is 10.1. The van der Waals surface area contributed by atoms with Crippen molar-refractivity contribution in [2.45, 2.75) is 6.18 Å². The summed E-state index contributed by atoms with van der Waals surface area (Å²) < 4.78 is 38.6. The Balaban J connectivity index is 2.83. The van der Waals surface area contributed by atoms with Gasteiger partial charge in [0.15, 0.2) is 0 Å². The van der Waals surface area contributed by atoms with Crippen LogP contribution in [0.5, 0.6) is 0 Å². The molecular formula is C12H11F3N2O. The lowest BCUT2D eigenvalue weighted by molar-refractivity contribution is -0.136. The Labute approximate surface area is 101 Å². The summed E-state index contributed by atoms with van der Waals surface area (Å²) >= 11 is 0. The first-order valence-electron chi connectivity index (χ1n) is 5.20. The molecule has 0 radical (unpaired) electrons. The van der Waals surface area contributed by atoms with E-state index >= 15 is 0 Å². The van der Waals surface area contributed by atoms with Crippen LogP contribution in [-0.4, -0.2) is 19.1 Å². The summed E-state index contributed by atoms with van der Waals surface area (Å²) in [5.74, 6) is 0. The molecule has 96 valence electrons. The summed E-state index contributed by atoms with van der Waals surface area (Å²) in [6.45, 7) is 0. The first-order chi connectivity index (χ1) is 8.29. The molecule has 1 heterocycles. The molecule has 0 aliphatic rings. The first kappa shape index (κ1) is 12.5. The van der Waals surface area contributed by atoms with E-state index in [9.17, 15) is 18.0 Å². The Bertz CT molecular complexity index is 644. The topological polar surface area (TPSA) is 36.1 Å². The lowest BCUT2D eigenvalue weighted by Gasteiger charge is -2.15. The van der Waals surface area contributed by atoms with Gasteiger partial charge in [-0.1, -0.05) is 0 Å². The number of anilines is 1. The maximum Gasteiger partial charge on any atom is 0.417 e. The van der Waals surface area contributed by atoms with Crippen molar-refractivity contribution >= 4 is 16.6 Å². The maximum atomic E-state index is 12.9. The van der Waals surface area contributed by atoms with Gasteiger partial charge in [0.25, 0.3) is 0 Å². The van der Waals surface area contributed by atoms with E-state index in [0.717, 1.165) is 0 Å². The molecule has 0 aliphatic carbocycles. The molecule has 0 unspecified atom stereocenters. The molecular weight excluding hydrogens is 245 g/mol. The van der Waals surface area contributed by atoms with Crippen molar-refractivity contribution in [3.8, 4) is 0 Å². The number of nitrogens with zero attached hydrogens (tertiary/aromatic N) is 1. The number of H-pyrrole nitrogens is 1. The quantitative estimate of drug-likeness (QED) is 0.851. The lowest BCUT2D eigenvalue weighted by Crippen LogP contribution is -2.15. The van der Waals surface area contributed by atoms with Gasteiger partial charge in [0.1, 0.15) is 0 Å². The van der Waals surface area contributed by atoms with Crippen LogP contribution in [0.3, 0.4) is 0 Å². The summed E-state index contributed by atoms with van der Waals surface area (Å²) in [6.07, 6.45) is -4.54. The van der Waals surface area contributed by atoms with Gasteiger partial charge in [-0.05, 0) is 18.2 Å². The van der Waals surface area contributed by atoms with Crippen LogP contribution >= 0.6 is 0 Å². The fourth-order valence-corrected chi connectivity index (χ4v) is 1.75. The number of pyridine rings is 1. The van der Waals surface area contributed by atoms with Crippen LogP contribution in [0, 0.1) is 0 Å². The Morgan fingerprint density at radius 2 is 1.83 bits per heavy atom. The van der Waals surface area contributed by atoms with Gasteiger partial charge >= 0.3 is 6.18 Å². The summed E-state index contributed by atoms with van der Waals surface area (Å²) in [5, 5.41) is -0.00620. The van der Waals surface area contributed by atoms with Crippen molar-refractivity contribution in [3.05, 3.63) is 40.2 Å². The van der Waals surface area contributed by atoms with Gasteiger partial charge in [0.2, 0.25) is 5.56 Å². The summed E-state index contributed by atoms with van der Waals surface area (Å²) in [7, 11) is 3.47. The molecule has 2 rings (SSSR count). The molecule has 0 atom stereocenters. The van der Waals surface area contributed by atoms with Gasteiger partial charge in [-0.3, -0.25) is 4.79 Å². The predicted octanol–water partition coefficient (Wildman–Crippen LogP) is 2.61. The smallest absolute Gasteiger partial charge is 0.378 e. The van der Waals surface area contributed by atoms with E-state index in [1.165, 1.54) is 12.1 Å². The van der Waals surface area contributed by atoms with Crippen LogP contribution in [0.25, 0.3) is 10.9 Å². The molecule has 0 saturated carbocycles. The zero-order valence-electron chi connectivity index (χ0n) is 9.80. The molecule has 6 heteroatoms. The third-order valence-corrected chi connectivity index (χ3v) is 2.65. The van der Waals surface area contributed by atoms with Gasteiger partial charge < -0.3 is 9.88 Å². The van der Waals surface area contributed by atoms with Crippen LogP contribution in [-0.2, 0) is 6.18 Å². The average Bonchev–Trinajstić information content (AvgIpc) is 2.25. The fourth-order valence-electron chi connectivity index (χ4n) is 1.75. The van der Waals surface area contributed by atoms with Gasteiger partial charge in [0.05, 0.1) is 5.56 Å². The summed E-state index contributed by atoms with van der Waals surface area (Å²) in [5.41, 5.74) is -0.849. The Kier molecular flexibility index (Phi) is 2.80. The van der Waals surface area contributed by atoms with Gasteiger partial charge in [-0.2, -0.15) is 13.2 Å². The summed E-state index contributed by atoms with van der Waals surface area (Å²) in [6, 6.07) is 5.12. The fraction of sp³-hybridized carbons (Fsp3) is 0.250. The molecule has 0 spiro atoms. The molecule has 0 amide bonds. The number of aromatic nitrogens is 1. The van der Waals surface area contributed by atoms with E-state index in [0.29, 0.717) is 11.8 Å². The molecule has 1 aromatic carbocycles. The van der Waals surface area contributed by atoms with Crippen LogP contribution in [0.15, 0.2) is 29.1 Å². The summed E-state index contributed by atoms with van der Waals surface area (Å²) in [4.78, 5) is 15.3. The standard InChI is InChI=1S/C12H11F3N2O/c1-17(2)7-3-4-10-8(5-7)9(12(13,14)15)6-11(18)16-10/h3-6H,1-2H3,(H,16,18). The Hall–Kier alpha value is -1.98. The highest BCUT2D eigenvalue weighted by atomic mass is 19.4. The third-order valence-electron chi connectivity index (χ3n) is 2.65. The number of nitrogens with one attached hydrogen (secondary N) is 1. The first-order valence-corrected chi connectivity index (χ1v) is 5.20. The van der Waals surface area contributed by atoms with Crippen LogP contribution < -0.4 is 10.5 Å². The van der Waals surface area contributed by atoms with Crippen LogP contribution in [0.1, 0.15) is 5.56 Å². The van der Waals surface area contributed by atoms with Crippen molar-refractivity contribution in [2.24, 2.45) is 0 Å². The van der Waals surface area contributed by atoms with E-state index in [2.05, 4.69) is 4.98 Å². The second-order valence-electron chi connectivity index (χ2n) is 4.17. The number of halogens is 3. The average molecular weight is 256 g/mol. The predicted molar refractivity (Wildman–Crippen MR) is 63.9 cm³/mol. The van der Waals surface area contributed by atoms with Crippen molar-refractivity contribution in [2.75, 3.05) is 19.0 Å². The number of hydrogen-bond donors (Lipinski definition) is 1. The molecule has 0 fully saturated rings. The van der Waals surface area contributed by atoms with Crippen molar-refractivity contribution in [1.82, 2.24) is 4.98 Å². The minimum atomic E-state index is -4.54. The molecule has 18 heavy (non-hydrogen) atoms. The highest BCUT2D eigenvalue weighted by Crippen LogP contribution is 2.34. The minimum absolute atomic E-state index is 0.00620. The number of hydrogen-bond acceptors (Lipinski definition) is 2. The molecule has 0 saturated heterocycles. The number of aromatic amines is 1. The van der Waals surface area contributed by atoms with Gasteiger partial charge in [0, 0.05) is 36.8 Å². The van der Waals surface area contributed by atoms with E-state index in [-0.39, 0.29) is 10.9 Å². The van der Waals surface area contributed by atoms with Crippen molar-refractivity contribution in [1.29, 1.82) is 0 Å². The molecule has 3 nitrogen and oxygen atoms in total. The van der Waals surface area contributed by atoms with Crippen molar-refractivity contribution < 1.29 is 13.2 Å². The molecule has 0 bridgehead atoms. The van der Waals surface area contributed by atoms with E-state index in [4.69, 9.17) is 0 Å². The highest BCUT2D eigenvalue weighted by Gasteiger charge is 2.33. The minimum Gasteiger partial charge on any atom is -0.378 e. The van der Waals surface area contributed by atoms with E-state index in [1.54, 1.807) is 25.1 Å². The second kappa shape index (κ2) is 4.04. The van der Waals surface area contributed by atoms with Crippen LogP contribution in [0.2, 0.25) is 0 Å². The van der Waals surface area contributed by atoms with Crippen LogP contribution in [0.4, 0.5) is 18.9 Å². The molecule has 1 N–H and O–H groups in total. The Morgan fingerprint density at radius 3 is 2.39 bits per heavy atom. The monoisotopic (exact) mass is 256 g/mol. The van der Waals surface area contributed by atoms with Gasteiger partial charge in [-0.15, -0.1) is 0 Å². The normalized spacial score (nSPS) is 11.8. The molecule has 2 aromatic rings. The second-order valence-corrected chi connectivity index (χ2v) is 4.17. The highest BCUT2D eigenvalue weighted by molar-refractivity contribution is 5.86.